The van der Waals surface area contributed by atoms with Gasteiger partial charge in [-0.3, -0.25) is 9.52 Å². The molecular formula is C23H23ClN2O5S. The standard InChI is InChI=1S/C23H23ClN2O5S/c1-3-21(31-22-7-5-4-6-20(22)24)23(27)25-16-10-14-19(15-11-16)32(28,29)26-17-8-12-18(30-2)13-9-17/h4-15,21,26H,3H2,1-2H3,(H,25,27)/t21-/m1/s1. The van der Waals surface area contributed by atoms with Gasteiger partial charge in [0.25, 0.3) is 15.9 Å². The SMILES string of the molecule is CC[C@@H](Oc1ccccc1Cl)C(=O)Nc1ccc(S(=O)(=O)Nc2ccc(OC)cc2)cc1. The second-order valence-corrected chi connectivity index (χ2v) is 8.88. The monoisotopic (exact) mass is 474 g/mol. The summed E-state index contributed by atoms with van der Waals surface area (Å²) < 4.78 is 38.5. The molecule has 9 heteroatoms. The summed E-state index contributed by atoms with van der Waals surface area (Å²) in [5, 5.41) is 3.15. The number of carbonyl (C=O) groups excluding carboxylic acids is 1. The molecule has 0 heterocycles. The van der Waals surface area contributed by atoms with Crippen molar-refractivity contribution in [1.29, 1.82) is 0 Å². The van der Waals surface area contributed by atoms with Crippen LogP contribution in [0.1, 0.15) is 13.3 Å². The molecule has 0 bridgehead atoms. The molecule has 1 atom stereocenters. The van der Waals surface area contributed by atoms with Crippen LogP contribution in [0.3, 0.4) is 0 Å². The van der Waals surface area contributed by atoms with Gasteiger partial charge < -0.3 is 14.8 Å². The Balaban J connectivity index is 1.66. The summed E-state index contributed by atoms with van der Waals surface area (Å²) in [5.74, 6) is 0.679. The lowest BCUT2D eigenvalue weighted by molar-refractivity contribution is -0.122. The maximum absolute atomic E-state index is 12.6. The van der Waals surface area contributed by atoms with Gasteiger partial charge in [-0.05, 0) is 67.1 Å². The maximum Gasteiger partial charge on any atom is 0.265 e. The van der Waals surface area contributed by atoms with Crippen LogP contribution in [-0.4, -0.2) is 27.5 Å². The Hall–Kier alpha value is -3.23. The Bertz CT molecular complexity index is 1170. The molecule has 0 aliphatic heterocycles. The van der Waals surface area contributed by atoms with Crippen LogP contribution in [0.2, 0.25) is 5.02 Å². The van der Waals surface area contributed by atoms with Crippen molar-refractivity contribution < 1.29 is 22.7 Å². The Morgan fingerprint density at radius 1 is 0.969 bits per heavy atom. The first-order valence-corrected chi connectivity index (χ1v) is 11.7. The van der Waals surface area contributed by atoms with Gasteiger partial charge in [-0.1, -0.05) is 30.7 Å². The number of anilines is 2. The predicted molar refractivity (Wildman–Crippen MR) is 125 cm³/mol. The average molecular weight is 475 g/mol. The number of benzene rings is 3. The van der Waals surface area contributed by atoms with Crippen LogP contribution in [-0.2, 0) is 14.8 Å². The molecule has 7 nitrogen and oxygen atoms in total. The van der Waals surface area contributed by atoms with Gasteiger partial charge in [0.2, 0.25) is 0 Å². The van der Waals surface area contributed by atoms with Crippen molar-refractivity contribution in [2.24, 2.45) is 0 Å². The van der Waals surface area contributed by atoms with E-state index >= 15 is 0 Å². The molecule has 3 aromatic rings. The molecule has 3 aromatic carbocycles. The predicted octanol–water partition coefficient (Wildman–Crippen LogP) is 4.95. The van der Waals surface area contributed by atoms with E-state index in [1.54, 1.807) is 48.5 Å². The largest absolute Gasteiger partial charge is 0.497 e. The smallest absolute Gasteiger partial charge is 0.265 e. The molecule has 2 N–H and O–H groups in total. The Labute approximate surface area is 192 Å². The van der Waals surface area contributed by atoms with Gasteiger partial charge in [-0.15, -0.1) is 0 Å². The van der Waals surface area contributed by atoms with Crippen molar-refractivity contribution in [3.8, 4) is 11.5 Å². The molecule has 168 valence electrons. The molecule has 0 radical (unpaired) electrons. The fourth-order valence-electron chi connectivity index (χ4n) is 2.83. The first-order chi connectivity index (χ1) is 15.3. The number of nitrogens with one attached hydrogen (secondary N) is 2. The van der Waals surface area contributed by atoms with E-state index in [4.69, 9.17) is 21.1 Å². The van der Waals surface area contributed by atoms with Gasteiger partial charge in [-0.25, -0.2) is 8.42 Å². The van der Waals surface area contributed by atoms with E-state index in [0.29, 0.717) is 34.3 Å². The highest BCUT2D eigenvalue weighted by atomic mass is 35.5. The van der Waals surface area contributed by atoms with Crippen molar-refractivity contribution in [3.63, 3.8) is 0 Å². The molecular weight excluding hydrogens is 452 g/mol. The number of methoxy groups -OCH3 is 1. The summed E-state index contributed by atoms with van der Waals surface area (Å²) in [6.45, 7) is 1.82. The van der Waals surface area contributed by atoms with E-state index in [-0.39, 0.29) is 10.8 Å². The number of sulfonamides is 1. The van der Waals surface area contributed by atoms with E-state index in [2.05, 4.69) is 10.0 Å². The second-order valence-electron chi connectivity index (χ2n) is 6.79. The number of hydrogen-bond donors (Lipinski definition) is 2. The quantitative estimate of drug-likeness (QED) is 0.458. The molecule has 32 heavy (non-hydrogen) atoms. The number of hydrogen-bond acceptors (Lipinski definition) is 5. The highest BCUT2D eigenvalue weighted by Crippen LogP contribution is 2.25. The minimum absolute atomic E-state index is 0.0608. The third-order valence-electron chi connectivity index (χ3n) is 4.54. The van der Waals surface area contributed by atoms with E-state index in [1.165, 1.54) is 31.4 Å². The molecule has 0 saturated heterocycles. The zero-order valence-corrected chi connectivity index (χ0v) is 19.1. The lowest BCUT2D eigenvalue weighted by Crippen LogP contribution is -2.32. The molecule has 0 aromatic heterocycles. The number of carbonyl (C=O) groups is 1. The van der Waals surface area contributed by atoms with E-state index < -0.39 is 16.1 Å². The summed E-state index contributed by atoms with van der Waals surface area (Å²) in [6.07, 6.45) is -0.329. The Morgan fingerprint density at radius 3 is 2.19 bits per heavy atom. The van der Waals surface area contributed by atoms with Crippen molar-refractivity contribution in [1.82, 2.24) is 0 Å². The number of ether oxygens (including phenoxy) is 2. The van der Waals surface area contributed by atoms with Gasteiger partial charge >= 0.3 is 0 Å². The third kappa shape index (κ3) is 5.93. The fraction of sp³-hybridized carbons (Fsp3) is 0.174. The van der Waals surface area contributed by atoms with Gasteiger partial charge in [0.1, 0.15) is 11.5 Å². The van der Waals surface area contributed by atoms with Crippen molar-refractivity contribution in [2.45, 2.75) is 24.3 Å². The fourth-order valence-corrected chi connectivity index (χ4v) is 4.07. The molecule has 0 fully saturated rings. The highest BCUT2D eigenvalue weighted by Gasteiger charge is 2.20. The van der Waals surface area contributed by atoms with Crippen LogP contribution in [0.15, 0.2) is 77.7 Å². The molecule has 0 saturated carbocycles. The van der Waals surface area contributed by atoms with Gasteiger partial charge in [-0.2, -0.15) is 0 Å². The number of rotatable bonds is 9. The van der Waals surface area contributed by atoms with Gasteiger partial charge in [0.05, 0.1) is 17.0 Å². The van der Waals surface area contributed by atoms with Crippen molar-refractivity contribution in [2.75, 3.05) is 17.1 Å². The van der Waals surface area contributed by atoms with Crippen LogP contribution in [0.5, 0.6) is 11.5 Å². The number of amides is 1. The van der Waals surface area contributed by atoms with E-state index in [0.717, 1.165) is 0 Å². The number of para-hydroxylation sites is 1. The zero-order valence-electron chi connectivity index (χ0n) is 17.5. The van der Waals surface area contributed by atoms with E-state index in [1.807, 2.05) is 6.92 Å². The highest BCUT2D eigenvalue weighted by molar-refractivity contribution is 7.92. The first-order valence-electron chi connectivity index (χ1n) is 9.81. The molecule has 3 rings (SSSR count). The minimum atomic E-state index is -3.79. The van der Waals surface area contributed by atoms with Crippen molar-refractivity contribution in [3.05, 3.63) is 77.8 Å². The van der Waals surface area contributed by atoms with Gasteiger partial charge in [0, 0.05) is 11.4 Å². The lowest BCUT2D eigenvalue weighted by atomic mass is 10.2. The minimum Gasteiger partial charge on any atom is -0.497 e. The van der Waals surface area contributed by atoms with Crippen LogP contribution in [0, 0.1) is 0 Å². The molecule has 0 aliphatic carbocycles. The van der Waals surface area contributed by atoms with Crippen molar-refractivity contribution >= 4 is 38.9 Å². The van der Waals surface area contributed by atoms with Crippen LogP contribution < -0.4 is 19.5 Å². The Kier molecular flexibility index (Phi) is 7.61. The summed E-state index contributed by atoms with van der Waals surface area (Å²) in [5.41, 5.74) is 0.852. The maximum atomic E-state index is 12.6. The van der Waals surface area contributed by atoms with Crippen LogP contribution >= 0.6 is 11.6 Å². The number of halogens is 1. The Morgan fingerprint density at radius 2 is 1.59 bits per heavy atom. The first kappa shape index (κ1) is 23.4. The van der Waals surface area contributed by atoms with E-state index in [9.17, 15) is 13.2 Å². The van der Waals surface area contributed by atoms with Crippen LogP contribution in [0.25, 0.3) is 0 Å². The summed E-state index contributed by atoms with van der Waals surface area (Å²) in [7, 11) is -2.25. The summed E-state index contributed by atoms with van der Waals surface area (Å²) in [4.78, 5) is 12.7. The third-order valence-corrected chi connectivity index (χ3v) is 6.25. The molecule has 0 aliphatic rings. The summed E-state index contributed by atoms with van der Waals surface area (Å²) in [6, 6.07) is 19.3. The molecule has 0 spiro atoms. The second kappa shape index (κ2) is 10.4. The lowest BCUT2D eigenvalue weighted by Gasteiger charge is -2.18. The molecule has 0 unspecified atom stereocenters. The molecule has 1 amide bonds. The van der Waals surface area contributed by atoms with Gasteiger partial charge in [0.15, 0.2) is 6.10 Å². The average Bonchev–Trinajstić information content (AvgIpc) is 2.79. The topological polar surface area (TPSA) is 93.7 Å². The normalized spacial score (nSPS) is 12.0. The zero-order chi connectivity index (χ0) is 23.1. The van der Waals surface area contributed by atoms with Crippen LogP contribution in [0.4, 0.5) is 11.4 Å². The summed E-state index contributed by atoms with van der Waals surface area (Å²) >= 11 is 6.10.